The second-order valence-electron chi connectivity index (χ2n) is 4.22. The maximum atomic E-state index is 8.80. The molecule has 0 spiro atoms. The lowest BCUT2D eigenvalue weighted by Gasteiger charge is -2.19. The first kappa shape index (κ1) is 13.8. The fourth-order valence-electron chi connectivity index (χ4n) is 1.76. The minimum Gasteiger partial charge on any atom is -0.384 e. The van der Waals surface area contributed by atoms with Gasteiger partial charge in [0.25, 0.3) is 0 Å². The Morgan fingerprint density at radius 3 is 2.60 bits per heavy atom. The largest absolute Gasteiger partial charge is 0.384 e. The summed E-state index contributed by atoms with van der Waals surface area (Å²) in [6.45, 7) is 0.305. The number of nitrogens with zero attached hydrogens (tertiary/aromatic N) is 4. The Labute approximate surface area is 117 Å². The Morgan fingerprint density at radius 2 is 2.00 bits per heavy atom. The zero-order valence-corrected chi connectivity index (χ0v) is 11.4. The van der Waals surface area contributed by atoms with Gasteiger partial charge in [0.05, 0.1) is 11.6 Å². The summed E-state index contributed by atoms with van der Waals surface area (Å²) in [5, 5.41) is 8.80. The average molecular weight is 269 g/mol. The minimum absolute atomic E-state index is 0.305. The van der Waals surface area contributed by atoms with Crippen LogP contribution in [0, 0.1) is 11.3 Å². The SMILES string of the molecule is COCc1nc(N)cc(N(C)c2ccc(C#N)cc2)n1. The van der Waals surface area contributed by atoms with Gasteiger partial charge < -0.3 is 15.4 Å². The number of aromatic nitrogens is 2. The van der Waals surface area contributed by atoms with Gasteiger partial charge in [-0.25, -0.2) is 9.97 Å². The number of nitrogen functional groups attached to an aromatic ring is 1. The molecule has 1 aromatic heterocycles. The highest BCUT2D eigenvalue weighted by molar-refractivity contribution is 5.62. The molecule has 0 fully saturated rings. The van der Waals surface area contributed by atoms with E-state index in [-0.39, 0.29) is 0 Å². The second-order valence-corrected chi connectivity index (χ2v) is 4.22. The molecule has 0 amide bonds. The molecule has 0 unspecified atom stereocenters. The number of anilines is 3. The van der Waals surface area contributed by atoms with Crippen LogP contribution in [-0.4, -0.2) is 24.1 Å². The number of nitriles is 1. The van der Waals surface area contributed by atoms with Crippen molar-refractivity contribution in [2.24, 2.45) is 0 Å². The van der Waals surface area contributed by atoms with Gasteiger partial charge in [0, 0.05) is 25.9 Å². The molecule has 2 aromatic rings. The van der Waals surface area contributed by atoms with E-state index >= 15 is 0 Å². The second kappa shape index (κ2) is 5.99. The first-order valence-corrected chi connectivity index (χ1v) is 6.00. The summed E-state index contributed by atoms with van der Waals surface area (Å²) in [4.78, 5) is 10.4. The number of hydrogen-bond donors (Lipinski definition) is 1. The van der Waals surface area contributed by atoms with E-state index in [9.17, 15) is 0 Å². The van der Waals surface area contributed by atoms with E-state index in [1.165, 1.54) is 0 Å². The lowest BCUT2D eigenvalue weighted by Crippen LogP contribution is -2.14. The molecule has 6 heteroatoms. The van der Waals surface area contributed by atoms with Gasteiger partial charge in [0.2, 0.25) is 0 Å². The monoisotopic (exact) mass is 269 g/mol. The zero-order valence-electron chi connectivity index (χ0n) is 11.4. The van der Waals surface area contributed by atoms with Gasteiger partial charge >= 0.3 is 0 Å². The fraction of sp³-hybridized carbons (Fsp3) is 0.214. The summed E-state index contributed by atoms with van der Waals surface area (Å²) in [7, 11) is 3.45. The van der Waals surface area contributed by atoms with Crippen molar-refractivity contribution in [1.82, 2.24) is 9.97 Å². The Kier molecular flexibility index (Phi) is 4.13. The fourth-order valence-corrected chi connectivity index (χ4v) is 1.76. The van der Waals surface area contributed by atoms with E-state index in [4.69, 9.17) is 15.7 Å². The summed E-state index contributed by atoms with van der Waals surface area (Å²) in [5.74, 6) is 1.60. The number of nitrogens with two attached hydrogens (primary N) is 1. The van der Waals surface area contributed by atoms with Crippen LogP contribution in [0.15, 0.2) is 30.3 Å². The Balaban J connectivity index is 2.31. The predicted molar refractivity (Wildman–Crippen MR) is 76.4 cm³/mol. The molecular weight excluding hydrogens is 254 g/mol. The molecule has 6 nitrogen and oxygen atoms in total. The molecule has 0 aliphatic carbocycles. The molecule has 2 N–H and O–H groups in total. The van der Waals surface area contributed by atoms with Crippen molar-refractivity contribution in [2.75, 3.05) is 24.8 Å². The van der Waals surface area contributed by atoms with Crippen molar-refractivity contribution < 1.29 is 4.74 Å². The van der Waals surface area contributed by atoms with E-state index < -0.39 is 0 Å². The van der Waals surface area contributed by atoms with Crippen molar-refractivity contribution in [3.8, 4) is 6.07 Å². The van der Waals surface area contributed by atoms with Crippen LogP contribution in [0.5, 0.6) is 0 Å². The van der Waals surface area contributed by atoms with Crippen molar-refractivity contribution in [3.05, 3.63) is 41.7 Å². The maximum absolute atomic E-state index is 8.80. The Hall–Kier alpha value is -2.65. The van der Waals surface area contributed by atoms with Crippen LogP contribution in [-0.2, 0) is 11.3 Å². The molecule has 0 saturated heterocycles. The molecule has 2 rings (SSSR count). The standard InChI is InChI=1S/C14H15N5O/c1-19(11-5-3-10(8-15)4-6-11)14-7-12(16)17-13(18-14)9-20-2/h3-7H,9H2,1-2H3,(H2,16,17,18). The number of hydrogen-bond acceptors (Lipinski definition) is 6. The van der Waals surface area contributed by atoms with Crippen molar-refractivity contribution >= 4 is 17.3 Å². The third kappa shape index (κ3) is 3.02. The highest BCUT2D eigenvalue weighted by atomic mass is 16.5. The molecule has 0 aliphatic rings. The maximum Gasteiger partial charge on any atom is 0.158 e. The third-order valence-electron chi connectivity index (χ3n) is 2.78. The lowest BCUT2D eigenvalue weighted by molar-refractivity contribution is 0.178. The molecule has 1 aromatic carbocycles. The molecule has 0 saturated carbocycles. The smallest absolute Gasteiger partial charge is 0.158 e. The molecule has 0 aliphatic heterocycles. The molecule has 1 heterocycles. The van der Waals surface area contributed by atoms with Crippen LogP contribution in [0.1, 0.15) is 11.4 Å². The van der Waals surface area contributed by atoms with E-state index in [1.807, 2.05) is 24.1 Å². The summed E-state index contributed by atoms with van der Waals surface area (Å²) >= 11 is 0. The van der Waals surface area contributed by atoms with Crippen molar-refractivity contribution in [3.63, 3.8) is 0 Å². The average Bonchev–Trinajstić information content (AvgIpc) is 2.46. The van der Waals surface area contributed by atoms with Gasteiger partial charge in [0.1, 0.15) is 18.2 Å². The molecule has 0 bridgehead atoms. The summed E-state index contributed by atoms with van der Waals surface area (Å²) in [6, 6.07) is 11.0. The summed E-state index contributed by atoms with van der Waals surface area (Å²) < 4.78 is 5.02. The number of ether oxygens (including phenoxy) is 1. The highest BCUT2D eigenvalue weighted by Crippen LogP contribution is 2.23. The van der Waals surface area contributed by atoms with E-state index in [1.54, 1.807) is 25.3 Å². The minimum atomic E-state index is 0.305. The number of rotatable bonds is 4. The molecular formula is C14H15N5O. The van der Waals surface area contributed by atoms with Crippen LogP contribution >= 0.6 is 0 Å². The van der Waals surface area contributed by atoms with Gasteiger partial charge in [-0.05, 0) is 24.3 Å². The van der Waals surface area contributed by atoms with E-state index in [0.717, 1.165) is 5.69 Å². The van der Waals surface area contributed by atoms with Gasteiger partial charge in [0.15, 0.2) is 5.82 Å². The van der Waals surface area contributed by atoms with Crippen LogP contribution < -0.4 is 10.6 Å². The van der Waals surface area contributed by atoms with Gasteiger partial charge in [-0.2, -0.15) is 5.26 Å². The summed E-state index contributed by atoms with van der Waals surface area (Å²) in [6.07, 6.45) is 0. The number of benzene rings is 1. The summed E-state index contributed by atoms with van der Waals surface area (Å²) in [5.41, 5.74) is 7.30. The lowest BCUT2D eigenvalue weighted by atomic mass is 10.2. The quantitative estimate of drug-likeness (QED) is 0.911. The van der Waals surface area contributed by atoms with E-state index in [2.05, 4.69) is 16.0 Å². The molecule has 0 radical (unpaired) electrons. The van der Waals surface area contributed by atoms with Crippen LogP contribution in [0.2, 0.25) is 0 Å². The van der Waals surface area contributed by atoms with Crippen LogP contribution in [0.3, 0.4) is 0 Å². The topological polar surface area (TPSA) is 88.1 Å². The van der Waals surface area contributed by atoms with Gasteiger partial charge in [-0.15, -0.1) is 0 Å². The molecule has 102 valence electrons. The van der Waals surface area contributed by atoms with Crippen molar-refractivity contribution in [2.45, 2.75) is 6.61 Å². The first-order valence-electron chi connectivity index (χ1n) is 6.00. The van der Waals surface area contributed by atoms with Crippen molar-refractivity contribution in [1.29, 1.82) is 5.26 Å². The zero-order chi connectivity index (χ0) is 14.5. The normalized spacial score (nSPS) is 10.1. The van der Waals surface area contributed by atoms with E-state index in [0.29, 0.717) is 29.6 Å². The number of methoxy groups -OCH3 is 1. The Morgan fingerprint density at radius 1 is 1.30 bits per heavy atom. The molecule has 20 heavy (non-hydrogen) atoms. The van der Waals surface area contributed by atoms with Crippen LogP contribution in [0.4, 0.5) is 17.3 Å². The Bertz CT molecular complexity index is 633. The van der Waals surface area contributed by atoms with Crippen LogP contribution in [0.25, 0.3) is 0 Å². The van der Waals surface area contributed by atoms with Gasteiger partial charge in [-0.3, -0.25) is 0 Å². The highest BCUT2D eigenvalue weighted by Gasteiger charge is 2.09. The predicted octanol–water partition coefficient (Wildman–Crippen LogP) is 1.84. The van der Waals surface area contributed by atoms with Gasteiger partial charge in [-0.1, -0.05) is 0 Å². The third-order valence-corrected chi connectivity index (χ3v) is 2.78. The first-order chi connectivity index (χ1) is 9.63. The molecule has 0 atom stereocenters.